The summed E-state index contributed by atoms with van der Waals surface area (Å²) in [6, 6.07) is 8.52. The summed E-state index contributed by atoms with van der Waals surface area (Å²) in [4.78, 5) is 0. The van der Waals surface area contributed by atoms with Gasteiger partial charge in [-0.3, -0.25) is 0 Å². The topological polar surface area (TPSA) is 35.2 Å². The summed E-state index contributed by atoms with van der Waals surface area (Å²) in [5, 5.41) is 0. The number of ether oxygens (including phenoxy) is 1. The normalized spacial score (nSPS) is 26.8. The highest BCUT2D eigenvalue weighted by Gasteiger charge is 2.51. The van der Waals surface area contributed by atoms with Gasteiger partial charge in [0.25, 0.3) is 0 Å². The molecule has 0 aromatic heterocycles. The second kappa shape index (κ2) is 4.02. The summed E-state index contributed by atoms with van der Waals surface area (Å²) in [6.07, 6.45) is 4.97. The van der Waals surface area contributed by atoms with E-state index >= 15 is 0 Å². The van der Waals surface area contributed by atoms with Crippen molar-refractivity contribution in [3.63, 3.8) is 0 Å². The quantitative estimate of drug-likeness (QED) is 0.849. The summed E-state index contributed by atoms with van der Waals surface area (Å²) in [5.74, 6) is 2.09. The highest BCUT2D eigenvalue weighted by Crippen LogP contribution is 2.54. The van der Waals surface area contributed by atoms with E-state index in [0.717, 1.165) is 12.3 Å². The molecule has 92 valence electrons. The third kappa shape index (κ3) is 1.58. The Labute approximate surface area is 103 Å². The lowest BCUT2D eigenvalue weighted by atomic mass is 9.75. The van der Waals surface area contributed by atoms with Gasteiger partial charge in [0.2, 0.25) is 0 Å². The highest BCUT2D eigenvalue weighted by atomic mass is 16.5. The molecule has 2 atom stereocenters. The van der Waals surface area contributed by atoms with Gasteiger partial charge < -0.3 is 10.5 Å². The molecule has 2 N–H and O–H groups in total. The van der Waals surface area contributed by atoms with Crippen LogP contribution in [0.15, 0.2) is 24.3 Å². The van der Waals surface area contributed by atoms with Gasteiger partial charge in [-0.2, -0.15) is 0 Å². The van der Waals surface area contributed by atoms with Crippen LogP contribution in [-0.2, 0) is 0 Å². The van der Waals surface area contributed by atoms with Crippen LogP contribution in [0.3, 0.4) is 0 Å². The van der Waals surface area contributed by atoms with Gasteiger partial charge in [0, 0.05) is 11.5 Å². The second-order valence-electron chi connectivity index (χ2n) is 5.60. The molecular formula is C15H21NO. The maximum absolute atomic E-state index is 6.34. The van der Waals surface area contributed by atoms with Crippen molar-refractivity contribution in [3.05, 3.63) is 29.8 Å². The van der Waals surface area contributed by atoms with Gasteiger partial charge in [-0.05, 0) is 44.2 Å². The fourth-order valence-electron chi connectivity index (χ4n) is 3.74. The van der Waals surface area contributed by atoms with Crippen LogP contribution in [-0.4, -0.2) is 12.1 Å². The minimum atomic E-state index is 0.0580. The van der Waals surface area contributed by atoms with E-state index in [9.17, 15) is 0 Å². The number of para-hydroxylation sites is 1. The smallest absolute Gasteiger partial charge is 0.123 e. The van der Waals surface area contributed by atoms with Crippen molar-refractivity contribution in [2.24, 2.45) is 11.7 Å². The lowest BCUT2D eigenvalue weighted by Crippen LogP contribution is -2.39. The van der Waals surface area contributed by atoms with E-state index in [-0.39, 0.29) is 5.60 Å². The Kier molecular flexibility index (Phi) is 2.62. The Bertz CT molecular complexity index is 409. The van der Waals surface area contributed by atoms with Gasteiger partial charge in [-0.25, -0.2) is 0 Å². The third-order valence-corrected chi connectivity index (χ3v) is 4.52. The Morgan fingerprint density at radius 1 is 1.35 bits per heavy atom. The molecule has 17 heavy (non-hydrogen) atoms. The summed E-state index contributed by atoms with van der Waals surface area (Å²) >= 11 is 0. The summed E-state index contributed by atoms with van der Waals surface area (Å²) in [6.45, 7) is 3.00. The molecule has 2 unspecified atom stereocenters. The van der Waals surface area contributed by atoms with Gasteiger partial charge in [-0.15, -0.1) is 0 Å². The fourth-order valence-corrected chi connectivity index (χ4v) is 3.74. The lowest BCUT2D eigenvalue weighted by molar-refractivity contribution is 0.0582. The molecule has 1 aromatic rings. The molecule has 2 nitrogen and oxygen atoms in total. The van der Waals surface area contributed by atoms with Crippen LogP contribution in [0.2, 0.25) is 0 Å². The Balaban J connectivity index is 2.04. The monoisotopic (exact) mass is 231 g/mol. The maximum Gasteiger partial charge on any atom is 0.123 e. The van der Waals surface area contributed by atoms with Crippen LogP contribution in [0.1, 0.15) is 44.1 Å². The van der Waals surface area contributed by atoms with Gasteiger partial charge in [0.15, 0.2) is 0 Å². The van der Waals surface area contributed by atoms with Crippen LogP contribution in [0.25, 0.3) is 0 Å². The van der Waals surface area contributed by atoms with E-state index in [4.69, 9.17) is 10.5 Å². The second-order valence-corrected chi connectivity index (χ2v) is 5.60. The van der Waals surface area contributed by atoms with Gasteiger partial charge in [-0.1, -0.05) is 25.1 Å². The zero-order valence-electron chi connectivity index (χ0n) is 10.5. The van der Waals surface area contributed by atoms with Crippen LogP contribution in [0.4, 0.5) is 0 Å². The molecule has 2 aliphatic rings. The van der Waals surface area contributed by atoms with E-state index in [2.05, 4.69) is 31.2 Å². The molecule has 0 radical (unpaired) electrons. The van der Waals surface area contributed by atoms with Crippen molar-refractivity contribution in [1.82, 2.24) is 0 Å². The number of benzene rings is 1. The van der Waals surface area contributed by atoms with Crippen LogP contribution in [0.5, 0.6) is 5.75 Å². The number of nitrogens with two attached hydrogens (primary N) is 1. The summed E-state index contributed by atoms with van der Waals surface area (Å²) < 4.78 is 6.34. The molecule has 1 spiro atoms. The van der Waals surface area contributed by atoms with Crippen molar-refractivity contribution >= 4 is 0 Å². The van der Waals surface area contributed by atoms with Crippen LogP contribution >= 0.6 is 0 Å². The van der Waals surface area contributed by atoms with Crippen molar-refractivity contribution in [2.75, 3.05) is 6.54 Å². The average Bonchev–Trinajstić information content (AvgIpc) is 2.93. The van der Waals surface area contributed by atoms with Gasteiger partial charge >= 0.3 is 0 Å². The standard InChI is InChI=1S/C15H21NO/c1-11(10-16)14-12-6-2-3-7-13(12)17-15(14)8-4-5-9-15/h2-3,6-7,11,14H,4-5,8-10,16H2,1H3. The van der Waals surface area contributed by atoms with E-state index in [0.29, 0.717) is 11.8 Å². The zero-order valence-corrected chi connectivity index (χ0v) is 10.5. The Hall–Kier alpha value is -1.02. The molecule has 3 rings (SSSR count). The molecule has 0 bridgehead atoms. The van der Waals surface area contributed by atoms with Gasteiger partial charge in [0.05, 0.1) is 0 Å². The summed E-state index contributed by atoms with van der Waals surface area (Å²) in [7, 11) is 0. The van der Waals surface area contributed by atoms with Crippen molar-refractivity contribution < 1.29 is 4.74 Å². The lowest BCUT2D eigenvalue weighted by Gasteiger charge is -2.34. The minimum absolute atomic E-state index is 0.0580. The Morgan fingerprint density at radius 2 is 2.06 bits per heavy atom. The first-order valence-corrected chi connectivity index (χ1v) is 6.75. The molecule has 1 aliphatic carbocycles. The first-order chi connectivity index (χ1) is 8.27. The van der Waals surface area contributed by atoms with E-state index < -0.39 is 0 Å². The largest absolute Gasteiger partial charge is 0.486 e. The molecule has 0 amide bonds. The highest BCUT2D eigenvalue weighted by molar-refractivity contribution is 5.44. The number of fused-ring (bicyclic) bond motifs is 1. The first-order valence-electron chi connectivity index (χ1n) is 6.75. The average molecular weight is 231 g/mol. The number of rotatable bonds is 2. The van der Waals surface area contributed by atoms with E-state index in [1.807, 2.05) is 0 Å². The minimum Gasteiger partial charge on any atom is -0.486 e. The van der Waals surface area contributed by atoms with Crippen molar-refractivity contribution in [1.29, 1.82) is 0 Å². The van der Waals surface area contributed by atoms with E-state index in [1.165, 1.54) is 31.2 Å². The van der Waals surface area contributed by atoms with Crippen LogP contribution in [0, 0.1) is 5.92 Å². The van der Waals surface area contributed by atoms with E-state index in [1.54, 1.807) is 0 Å². The van der Waals surface area contributed by atoms with Crippen molar-refractivity contribution in [2.45, 2.75) is 44.1 Å². The molecule has 1 fully saturated rings. The van der Waals surface area contributed by atoms with Crippen molar-refractivity contribution in [3.8, 4) is 5.75 Å². The fraction of sp³-hybridized carbons (Fsp3) is 0.600. The Morgan fingerprint density at radius 3 is 2.76 bits per heavy atom. The summed E-state index contributed by atoms with van der Waals surface area (Å²) in [5.41, 5.74) is 7.34. The number of hydrogen-bond donors (Lipinski definition) is 1. The first kappa shape index (κ1) is 11.1. The molecular weight excluding hydrogens is 210 g/mol. The molecule has 1 heterocycles. The predicted octanol–water partition coefficient (Wildman–Crippen LogP) is 3.07. The molecule has 1 aliphatic heterocycles. The predicted molar refractivity (Wildman–Crippen MR) is 69.2 cm³/mol. The van der Waals surface area contributed by atoms with Crippen LogP contribution < -0.4 is 10.5 Å². The van der Waals surface area contributed by atoms with Gasteiger partial charge in [0.1, 0.15) is 11.4 Å². The third-order valence-electron chi connectivity index (χ3n) is 4.52. The maximum atomic E-state index is 6.34. The number of hydrogen-bond acceptors (Lipinski definition) is 2. The molecule has 2 heteroatoms. The molecule has 1 aromatic carbocycles. The SMILES string of the molecule is CC(CN)C1c2ccccc2OC12CCCC2. The molecule has 0 saturated heterocycles. The molecule has 1 saturated carbocycles. The zero-order chi connectivity index (χ0) is 11.9.